The SMILES string of the molecule is Cc1ccccc1N(CCC#N)C1=NN(C(=O)CC(=O)Nc2ccc(Cl)cc2)[C@@H](c2ccccc2)C1. The van der Waals surface area contributed by atoms with Crippen LogP contribution in [0.2, 0.25) is 5.02 Å². The molecule has 2 amide bonds. The monoisotopic (exact) mass is 499 g/mol. The third-order valence-corrected chi connectivity index (χ3v) is 6.19. The first-order chi connectivity index (χ1) is 17.5. The molecule has 4 rings (SSSR count). The maximum atomic E-state index is 13.3. The highest BCUT2D eigenvalue weighted by Crippen LogP contribution is 2.34. The number of carbonyl (C=O) groups excluding carboxylic acids is 2. The van der Waals surface area contributed by atoms with Gasteiger partial charge in [-0.15, -0.1) is 0 Å². The number of anilines is 2. The zero-order chi connectivity index (χ0) is 25.5. The molecule has 0 saturated carbocycles. The van der Waals surface area contributed by atoms with Crippen LogP contribution >= 0.6 is 11.6 Å². The first kappa shape index (κ1) is 25.0. The number of hydrogen-bond acceptors (Lipinski definition) is 5. The number of nitrogens with zero attached hydrogens (tertiary/aromatic N) is 4. The first-order valence-electron chi connectivity index (χ1n) is 11.7. The molecule has 7 nitrogen and oxygen atoms in total. The third kappa shape index (κ3) is 5.91. The van der Waals surface area contributed by atoms with E-state index in [9.17, 15) is 14.9 Å². The minimum atomic E-state index is -0.432. The van der Waals surface area contributed by atoms with Gasteiger partial charge in [0, 0.05) is 29.4 Å². The summed E-state index contributed by atoms with van der Waals surface area (Å²) in [4.78, 5) is 28.0. The maximum Gasteiger partial charge on any atom is 0.252 e. The van der Waals surface area contributed by atoms with Crippen LogP contribution in [0.3, 0.4) is 0 Å². The molecule has 8 heteroatoms. The molecule has 3 aromatic rings. The van der Waals surface area contributed by atoms with Crippen LogP contribution in [-0.2, 0) is 9.59 Å². The Labute approximate surface area is 215 Å². The Bertz CT molecular complexity index is 1300. The molecule has 1 aliphatic heterocycles. The lowest BCUT2D eigenvalue weighted by Gasteiger charge is -2.25. The fourth-order valence-corrected chi connectivity index (χ4v) is 4.32. The van der Waals surface area contributed by atoms with Gasteiger partial charge in [0.2, 0.25) is 5.91 Å². The van der Waals surface area contributed by atoms with Crippen molar-refractivity contribution in [3.8, 4) is 6.07 Å². The van der Waals surface area contributed by atoms with E-state index >= 15 is 0 Å². The predicted octanol–water partition coefficient (Wildman–Crippen LogP) is 5.68. The first-order valence-corrected chi connectivity index (χ1v) is 12.0. The number of benzene rings is 3. The highest BCUT2D eigenvalue weighted by molar-refractivity contribution is 6.30. The second-order valence-corrected chi connectivity index (χ2v) is 8.90. The van der Waals surface area contributed by atoms with Gasteiger partial charge in [-0.05, 0) is 48.4 Å². The number of amidine groups is 1. The van der Waals surface area contributed by atoms with E-state index in [1.807, 2.05) is 66.4 Å². The van der Waals surface area contributed by atoms with Crippen LogP contribution in [0.15, 0.2) is 84.0 Å². The number of nitriles is 1. The number of para-hydroxylation sites is 1. The van der Waals surface area contributed by atoms with Crippen molar-refractivity contribution in [3.05, 3.63) is 95.0 Å². The normalized spacial score (nSPS) is 14.6. The molecule has 36 heavy (non-hydrogen) atoms. The minimum Gasteiger partial charge on any atom is -0.327 e. The molecule has 0 bridgehead atoms. The van der Waals surface area contributed by atoms with Gasteiger partial charge in [0.1, 0.15) is 12.3 Å². The van der Waals surface area contributed by atoms with Crippen LogP contribution in [0.25, 0.3) is 0 Å². The average Bonchev–Trinajstić information content (AvgIpc) is 3.33. The number of hydrogen-bond donors (Lipinski definition) is 1. The quantitative estimate of drug-likeness (QED) is 0.423. The number of aryl methyl sites for hydroxylation is 1. The van der Waals surface area contributed by atoms with Crippen LogP contribution in [0, 0.1) is 18.3 Å². The molecule has 182 valence electrons. The van der Waals surface area contributed by atoms with Crippen LogP contribution < -0.4 is 10.2 Å². The van der Waals surface area contributed by atoms with Gasteiger partial charge in [-0.3, -0.25) is 9.59 Å². The molecular weight excluding hydrogens is 474 g/mol. The number of amides is 2. The van der Waals surface area contributed by atoms with E-state index < -0.39 is 11.8 Å². The van der Waals surface area contributed by atoms with Crippen molar-refractivity contribution in [3.63, 3.8) is 0 Å². The van der Waals surface area contributed by atoms with Gasteiger partial charge < -0.3 is 10.2 Å². The van der Waals surface area contributed by atoms with Gasteiger partial charge in [-0.1, -0.05) is 60.1 Å². The minimum absolute atomic E-state index is 0.306. The van der Waals surface area contributed by atoms with E-state index in [1.54, 1.807) is 24.3 Å². The Morgan fingerprint density at radius 2 is 1.78 bits per heavy atom. The zero-order valence-electron chi connectivity index (χ0n) is 19.9. The molecule has 1 heterocycles. The summed E-state index contributed by atoms with van der Waals surface area (Å²) in [6.45, 7) is 2.45. The van der Waals surface area contributed by atoms with Crippen LogP contribution in [-0.4, -0.2) is 29.2 Å². The highest BCUT2D eigenvalue weighted by atomic mass is 35.5. The fourth-order valence-electron chi connectivity index (χ4n) is 4.20. The topological polar surface area (TPSA) is 88.8 Å². The number of rotatable bonds is 7. The van der Waals surface area contributed by atoms with E-state index in [-0.39, 0.29) is 12.5 Å². The standard InChI is InChI=1S/C28H26ClN5O2/c1-20-8-5-6-11-24(20)33(17-7-16-30)26-18-25(21-9-3-2-4-10-21)34(32-26)28(36)19-27(35)31-23-14-12-22(29)13-15-23/h2-6,8-15,25H,7,17-19H2,1H3,(H,31,35)/t25-/m1/s1. The summed E-state index contributed by atoms with van der Waals surface area (Å²) >= 11 is 5.91. The summed E-state index contributed by atoms with van der Waals surface area (Å²) in [6, 6.07) is 26.1. The highest BCUT2D eigenvalue weighted by Gasteiger charge is 2.35. The predicted molar refractivity (Wildman–Crippen MR) is 142 cm³/mol. The smallest absolute Gasteiger partial charge is 0.252 e. The van der Waals surface area contributed by atoms with E-state index in [2.05, 4.69) is 11.4 Å². The second kappa shape index (κ2) is 11.5. The maximum absolute atomic E-state index is 13.3. The number of hydrazone groups is 1. The van der Waals surface area contributed by atoms with Crippen LogP contribution in [0.5, 0.6) is 0 Å². The van der Waals surface area contributed by atoms with E-state index in [0.717, 1.165) is 16.8 Å². The second-order valence-electron chi connectivity index (χ2n) is 8.46. The van der Waals surface area contributed by atoms with Crippen molar-refractivity contribution in [2.45, 2.75) is 32.2 Å². The Hall–Kier alpha value is -4.15. The molecule has 0 unspecified atom stereocenters. The molecule has 0 saturated heterocycles. The average molecular weight is 500 g/mol. The van der Waals surface area contributed by atoms with Gasteiger partial charge in [-0.2, -0.15) is 10.4 Å². The van der Waals surface area contributed by atoms with Crippen LogP contribution in [0.4, 0.5) is 11.4 Å². The lowest BCUT2D eigenvalue weighted by atomic mass is 10.0. The fraction of sp³-hybridized carbons (Fsp3) is 0.214. The Morgan fingerprint density at radius 1 is 1.08 bits per heavy atom. The molecule has 0 radical (unpaired) electrons. The summed E-state index contributed by atoms with van der Waals surface area (Å²) < 4.78 is 0. The van der Waals surface area contributed by atoms with E-state index in [0.29, 0.717) is 35.9 Å². The van der Waals surface area contributed by atoms with Crippen molar-refractivity contribution < 1.29 is 9.59 Å². The van der Waals surface area contributed by atoms with Crippen molar-refractivity contribution in [1.29, 1.82) is 5.26 Å². The summed E-state index contributed by atoms with van der Waals surface area (Å²) in [6.07, 6.45) is 0.417. The molecule has 0 spiro atoms. The molecule has 3 aromatic carbocycles. The largest absolute Gasteiger partial charge is 0.327 e. The number of halogens is 1. The van der Waals surface area contributed by atoms with Gasteiger partial charge in [0.25, 0.3) is 5.91 Å². The molecule has 0 fully saturated rings. The lowest BCUT2D eigenvalue weighted by Crippen LogP contribution is -2.31. The summed E-state index contributed by atoms with van der Waals surface area (Å²) in [5.41, 5.74) is 3.46. The van der Waals surface area contributed by atoms with Crippen molar-refractivity contribution in [1.82, 2.24) is 5.01 Å². The van der Waals surface area contributed by atoms with Gasteiger partial charge >= 0.3 is 0 Å². The number of carbonyl (C=O) groups is 2. The lowest BCUT2D eigenvalue weighted by molar-refractivity contribution is -0.136. The molecule has 1 atom stereocenters. The van der Waals surface area contributed by atoms with Gasteiger partial charge in [0.05, 0.1) is 18.5 Å². The summed E-state index contributed by atoms with van der Waals surface area (Å²) in [5, 5.41) is 18.7. The van der Waals surface area contributed by atoms with Crippen LogP contribution in [0.1, 0.15) is 36.4 Å². The van der Waals surface area contributed by atoms with Gasteiger partial charge in [-0.25, -0.2) is 5.01 Å². The molecule has 0 aromatic heterocycles. The van der Waals surface area contributed by atoms with Crippen molar-refractivity contribution >= 4 is 40.6 Å². The Balaban J connectivity index is 1.60. The van der Waals surface area contributed by atoms with Gasteiger partial charge in [0.15, 0.2) is 0 Å². The summed E-state index contributed by atoms with van der Waals surface area (Å²) in [5.74, 6) is -0.159. The Morgan fingerprint density at radius 3 is 2.47 bits per heavy atom. The van der Waals surface area contributed by atoms with E-state index in [1.165, 1.54) is 5.01 Å². The molecule has 1 N–H and O–H groups in total. The zero-order valence-corrected chi connectivity index (χ0v) is 20.7. The number of nitrogens with one attached hydrogen (secondary N) is 1. The Kier molecular flexibility index (Phi) is 7.99. The van der Waals surface area contributed by atoms with Crippen molar-refractivity contribution in [2.24, 2.45) is 5.10 Å². The molecule has 0 aliphatic carbocycles. The van der Waals surface area contributed by atoms with E-state index in [4.69, 9.17) is 16.7 Å². The molecule has 1 aliphatic rings. The summed E-state index contributed by atoms with van der Waals surface area (Å²) in [7, 11) is 0. The van der Waals surface area contributed by atoms with Crippen molar-refractivity contribution in [2.75, 3.05) is 16.8 Å². The third-order valence-electron chi connectivity index (χ3n) is 5.94. The molecular formula is C28H26ClN5O2.